The minimum absolute atomic E-state index is 0.883. The summed E-state index contributed by atoms with van der Waals surface area (Å²) in [6.45, 7) is 0. The molecule has 2 heterocycles. The van der Waals surface area contributed by atoms with Crippen molar-refractivity contribution >= 4 is 32.9 Å². The molecule has 18 heavy (non-hydrogen) atoms. The first-order valence-corrected chi connectivity index (χ1v) is 7.87. The standard InChI is InChI=1S/C13H8N2S3/c16-13-11(9-4-2-1-3-5-9)12(17-18-13)10-8-14-6-7-15-10/h1-8H. The highest BCUT2D eigenvalue weighted by Gasteiger charge is 2.13. The molecular weight excluding hydrogens is 280 g/mol. The minimum atomic E-state index is 0.883. The van der Waals surface area contributed by atoms with Crippen molar-refractivity contribution in [2.75, 3.05) is 0 Å². The molecular formula is C13H8N2S3. The molecule has 0 aliphatic heterocycles. The molecule has 5 heteroatoms. The molecule has 0 saturated carbocycles. The lowest BCUT2D eigenvalue weighted by Crippen LogP contribution is -1.84. The van der Waals surface area contributed by atoms with Crippen molar-refractivity contribution in [3.05, 3.63) is 52.7 Å². The highest BCUT2D eigenvalue weighted by atomic mass is 32.9. The third-order valence-corrected chi connectivity index (χ3v) is 5.53. The van der Waals surface area contributed by atoms with Gasteiger partial charge in [-0.3, -0.25) is 9.97 Å². The molecule has 1 aromatic carbocycles. The fourth-order valence-corrected chi connectivity index (χ4v) is 4.54. The van der Waals surface area contributed by atoms with Crippen LogP contribution in [0.3, 0.4) is 0 Å². The molecule has 0 spiro atoms. The molecule has 0 aliphatic carbocycles. The van der Waals surface area contributed by atoms with Gasteiger partial charge in [0, 0.05) is 18.0 Å². The van der Waals surface area contributed by atoms with Crippen molar-refractivity contribution in [3.63, 3.8) is 0 Å². The molecule has 0 atom stereocenters. The normalized spacial score (nSPS) is 10.4. The lowest BCUT2D eigenvalue weighted by atomic mass is 10.1. The van der Waals surface area contributed by atoms with Crippen molar-refractivity contribution in [2.24, 2.45) is 0 Å². The maximum Gasteiger partial charge on any atom is 0.110 e. The third kappa shape index (κ3) is 2.12. The largest absolute Gasteiger partial charge is 0.261 e. The first kappa shape index (κ1) is 11.6. The van der Waals surface area contributed by atoms with Gasteiger partial charge in [0.05, 0.1) is 16.8 Å². The summed E-state index contributed by atoms with van der Waals surface area (Å²) in [5, 5.41) is 0. The molecule has 88 valence electrons. The summed E-state index contributed by atoms with van der Waals surface area (Å²) in [5.74, 6) is 0. The predicted octanol–water partition coefficient (Wildman–Crippen LogP) is 4.66. The molecule has 3 rings (SSSR count). The summed E-state index contributed by atoms with van der Waals surface area (Å²) in [6.07, 6.45) is 5.16. The van der Waals surface area contributed by atoms with Gasteiger partial charge in [-0.05, 0) is 5.56 Å². The van der Waals surface area contributed by atoms with E-state index in [9.17, 15) is 0 Å². The van der Waals surface area contributed by atoms with E-state index >= 15 is 0 Å². The van der Waals surface area contributed by atoms with Gasteiger partial charge in [0.2, 0.25) is 0 Å². The van der Waals surface area contributed by atoms with Crippen LogP contribution in [0.25, 0.3) is 21.7 Å². The molecule has 0 bridgehead atoms. The zero-order valence-corrected chi connectivity index (χ0v) is 11.7. The van der Waals surface area contributed by atoms with Crippen LogP contribution in [0.5, 0.6) is 0 Å². The van der Waals surface area contributed by atoms with Gasteiger partial charge >= 0.3 is 0 Å². The van der Waals surface area contributed by atoms with E-state index in [0.717, 1.165) is 25.5 Å². The summed E-state index contributed by atoms with van der Waals surface area (Å²) in [7, 11) is 3.27. The van der Waals surface area contributed by atoms with Gasteiger partial charge in [-0.2, -0.15) is 0 Å². The Morgan fingerprint density at radius 2 is 1.83 bits per heavy atom. The van der Waals surface area contributed by atoms with Gasteiger partial charge in [-0.25, -0.2) is 0 Å². The van der Waals surface area contributed by atoms with E-state index in [4.69, 9.17) is 12.2 Å². The van der Waals surface area contributed by atoms with E-state index in [1.807, 2.05) is 18.2 Å². The Morgan fingerprint density at radius 3 is 2.56 bits per heavy atom. The molecule has 0 radical (unpaired) electrons. The summed E-state index contributed by atoms with van der Waals surface area (Å²) < 4.78 is 0.909. The number of rotatable bonds is 2. The van der Waals surface area contributed by atoms with Gasteiger partial charge in [-0.15, -0.1) is 0 Å². The SMILES string of the molecule is S=c1ssc(-c2cnccn2)c1-c1ccccc1. The van der Waals surface area contributed by atoms with Gasteiger partial charge in [0.1, 0.15) is 3.82 Å². The van der Waals surface area contributed by atoms with Crippen molar-refractivity contribution in [1.82, 2.24) is 9.97 Å². The zero-order chi connectivity index (χ0) is 12.4. The number of aromatic nitrogens is 2. The van der Waals surface area contributed by atoms with E-state index in [1.54, 1.807) is 39.3 Å². The summed E-state index contributed by atoms with van der Waals surface area (Å²) in [4.78, 5) is 9.58. The summed E-state index contributed by atoms with van der Waals surface area (Å²) in [6, 6.07) is 10.2. The van der Waals surface area contributed by atoms with Crippen LogP contribution in [0, 0.1) is 3.82 Å². The molecule has 0 unspecified atom stereocenters. The summed E-state index contributed by atoms with van der Waals surface area (Å²) >= 11 is 5.44. The quantitative estimate of drug-likeness (QED) is 0.506. The second kappa shape index (κ2) is 5.06. The van der Waals surface area contributed by atoms with Crippen LogP contribution in [0.4, 0.5) is 0 Å². The van der Waals surface area contributed by atoms with E-state index in [0.29, 0.717) is 0 Å². The average Bonchev–Trinajstić information content (AvgIpc) is 2.83. The highest BCUT2D eigenvalue weighted by molar-refractivity contribution is 7.80. The molecule has 0 amide bonds. The number of hydrogen-bond acceptors (Lipinski definition) is 5. The lowest BCUT2D eigenvalue weighted by molar-refractivity contribution is 1.21. The molecule has 0 N–H and O–H groups in total. The fourth-order valence-electron chi connectivity index (χ4n) is 1.70. The predicted molar refractivity (Wildman–Crippen MR) is 79.5 cm³/mol. The number of nitrogens with zero attached hydrogens (tertiary/aromatic N) is 2. The molecule has 3 aromatic rings. The maximum absolute atomic E-state index is 5.44. The van der Waals surface area contributed by atoms with Gasteiger partial charge in [0.15, 0.2) is 0 Å². The van der Waals surface area contributed by atoms with Crippen LogP contribution >= 0.6 is 32.9 Å². The van der Waals surface area contributed by atoms with Crippen LogP contribution in [0.15, 0.2) is 48.9 Å². The number of hydrogen-bond donors (Lipinski definition) is 0. The van der Waals surface area contributed by atoms with Crippen LogP contribution in [-0.2, 0) is 0 Å². The Bertz CT molecular complexity index is 702. The molecule has 2 aromatic heterocycles. The molecule has 0 fully saturated rings. The van der Waals surface area contributed by atoms with Gasteiger partial charge in [-0.1, -0.05) is 63.2 Å². The van der Waals surface area contributed by atoms with Crippen molar-refractivity contribution in [2.45, 2.75) is 0 Å². The van der Waals surface area contributed by atoms with Crippen molar-refractivity contribution in [3.8, 4) is 21.7 Å². The minimum Gasteiger partial charge on any atom is -0.261 e. The van der Waals surface area contributed by atoms with Gasteiger partial charge in [0.25, 0.3) is 0 Å². The molecule has 0 aliphatic rings. The molecule has 0 saturated heterocycles. The van der Waals surface area contributed by atoms with Crippen LogP contribution < -0.4 is 0 Å². The Hall–Kier alpha value is -1.43. The van der Waals surface area contributed by atoms with Crippen LogP contribution in [0.1, 0.15) is 0 Å². The van der Waals surface area contributed by atoms with Crippen molar-refractivity contribution in [1.29, 1.82) is 0 Å². The van der Waals surface area contributed by atoms with Crippen LogP contribution in [0.2, 0.25) is 0 Å². The monoisotopic (exact) mass is 288 g/mol. The van der Waals surface area contributed by atoms with E-state index in [1.165, 1.54) is 0 Å². The Labute approximate surface area is 117 Å². The highest BCUT2D eigenvalue weighted by Crippen LogP contribution is 2.39. The second-order valence-electron chi connectivity index (χ2n) is 3.61. The maximum atomic E-state index is 5.44. The number of benzene rings is 1. The zero-order valence-electron chi connectivity index (χ0n) is 9.24. The third-order valence-electron chi connectivity index (χ3n) is 2.49. The first-order valence-electron chi connectivity index (χ1n) is 5.31. The lowest BCUT2D eigenvalue weighted by Gasteiger charge is -2.02. The first-order chi connectivity index (χ1) is 8.86. The van der Waals surface area contributed by atoms with Crippen LogP contribution in [-0.4, -0.2) is 9.97 Å². The topological polar surface area (TPSA) is 25.8 Å². The molecule has 2 nitrogen and oxygen atoms in total. The van der Waals surface area contributed by atoms with Crippen molar-refractivity contribution < 1.29 is 0 Å². The van der Waals surface area contributed by atoms with E-state index < -0.39 is 0 Å². The average molecular weight is 288 g/mol. The summed E-state index contributed by atoms with van der Waals surface area (Å²) in [5.41, 5.74) is 3.12. The Morgan fingerprint density at radius 1 is 1.00 bits per heavy atom. The fraction of sp³-hybridized carbons (Fsp3) is 0. The van der Waals surface area contributed by atoms with E-state index in [-0.39, 0.29) is 0 Å². The second-order valence-corrected chi connectivity index (χ2v) is 6.43. The Kier molecular flexibility index (Phi) is 3.27. The Balaban J connectivity index is 2.23. The van der Waals surface area contributed by atoms with E-state index in [2.05, 4.69) is 22.1 Å². The van der Waals surface area contributed by atoms with Gasteiger partial charge < -0.3 is 0 Å². The smallest absolute Gasteiger partial charge is 0.110 e.